The first-order chi connectivity index (χ1) is 4.98. The summed E-state index contributed by atoms with van der Waals surface area (Å²) in [4.78, 5) is 0. The van der Waals surface area contributed by atoms with E-state index in [1.54, 1.807) is 11.1 Å². The average molecular weight is 128 g/mol. The van der Waals surface area contributed by atoms with Gasteiger partial charge in [-0.1, -0.05) is 24.3 Å². The van der Waals surface area contributed by atoms with E-state index in [9.17, 15) is 0 Å². The van der Waals surface area contributed by atoms with Crippen molar-refractivity contribution in [2.45, 2.75) is 11.8 Å². The third-order valence-electron chi connectivity index (χ3n) is 3.54. The molecule has 2 fully saturated rings. The standard InChI is InChI=1S/C10H8/c1-2-4-6-5(3-1)7-9-8(6)10(7)9/h1-4,7-10H. The molecule has 0 aliphatic heterocycles. The van der Waals surface area contributed by atoms with E-state index in [0.717, 1.165) is 23.7 Å². The quantitative estimate of drug-likeness (QED) is 0.502. The summed E-state index contributed by atoms with van der Waals surface area (Å²) < 4.78 is 0. The minimum absolute atomic E-state index is 1.03. The Morgan fingerprint density at radius 2 is 1.30 bits per heavy atom. The van der Waals surface area contributed by atoms with E-state index < -0.39 is 0 Å². The van der Waals surface area contributed by atoms with Crippen molar-refractivity contribution in [3.8, 4) is 0 Å². The van der Waals surface area contributed by atoms with Crippen LogP contribution in [0, 0.1) is 11.8 Å². The van der Waals surface area contributed by atoms with Crippen LogP contribution in [0.3, 0.4) is 0 Å². The maximum Gasteiger partial charge on any atom is -0.00844 e. The van der Waals surface area contributed by atoms with E-state index in [2.05, 4.69) is 24.3 Å². The van der Waals surface area contributed by atoms with Crippen LogP contribution in [0.15, 0.2) is 24.3 Å². The van der Waals surface area contributed by atoms with Gasteiger partial charge in [0.2, 0.25) is 0 Å². The summed E-state index contributed by atoms with van der Waals surface area (Å²) in [6, 6.07) is 9.00. The molecule has 4 aliphatic carbocycles. The Morgan fingerprint density at radius 1 is 0.800 bits per heavy atom. The van der Waals surface area contributed by atoms with Crippen molar-refractivity contribution >= 4 is 0 Å². The molecule has 4 aliphatic rings. The smallest absolute Gasteiger partial charge is 0.00844 e. The predicted molar refractivity (Wildman–Crippen MR) is 38.9 cm³/mol. The Balaban J connectivity index is 2.13. The lowest BCUT2D eigenvalue weighted by atomic mass is 10.1. The summed E-state index contributed by atoms with van der Waals surface area (Å²) in [7, 11) is 0. The molecule has 48 valence electrons. The van der Waals surface area contributed by atoms with Gasteiger partial charge in [-0.3, -0.25) is 0 Å². The van der Waals surface area contributed by atoms with Crippen LogP contribution in [-0.2, 0) is 0 Å². The second-order valence-electron chi connectivity index (χ2n) is 3.84. The summed E-state index contributed by atoms with van der Waals surface area (Å²) in [5.74, 6) is 4.30. The Labute approximate surface area is 59.9 Å². The molecule has 0 spiro atoms. The van der Waals surface area contributed by atoms with Crippen molar-refractivity contribution < 1.29 is 0 Å². The Morgan fingerprint density at radius 3 is 1.80 bits per heavy atom. The summed E-state index contributed by atoms with van der Waals surface area (Å²) in [6.07, 6.45) is 0. The third-order valence-corrected chi connectivity index (χ3v) is 3.54. The van der Waals surface area contributed by atoms with Crippen LogP contribution < -0.4 is 0 Å². The molecular weight excluding hydrogens is 120 g/mol. The van der Waals surface area contributed by atoms with Crippen LogP contribution in [0.5, 0.6) is 0 Å². The molecular formula is C10H8. The van der Waals surface area contributed by atoms with E-state index in [1.165, 1.54) is 0 Å². The predicted octanol–water partition coefficient (Wildman–Crippen LogP) is 2.13. The van der Waals surface area contributed by atoms with Crippen molar-refractivity contribution in [3.63, 3.8) is 0 Å². The van der Waals surface area contributed by atoms with Crippen molar-refractivity contribution in [3.05, 3.63) is 35.4 Å². The van der Waals surface area contributed by atoms with E-state index in [1.807, 2.05) is 0 Å². The molecule has 1 aromatic carbocycles. The fourth-order valence-electron chi connectivity index (χ4n) is 2.97. The van der Waals surface area contributed by atoms with Gasteiger partial charge in [-0.05, 0) is 34.8 Å². The first-order valence-corrected chi connectivity index (χ1v) is 4.07. The maximum atomic E-state index is 2.32. The van der Waals surface area contributed by atoms with Gasteiger partial charge in [-0.2, -0.15) is 0 Å². The molecule has 2 saturated carbocycles. The van der Waals surface area contributed by atoms with Crippen LogP contribution in [0.2, 0.25) is 0 Å². The number of hydrogen-bond acceptors (Lipinski definition) is 0. The molecule has 0 unspecified atom stereocenters. The normalized spacial score (nSPS) is 50.0. The summed E-state index contributed by atoms with van der Waals surface area (Å²) in [6.45, 7) is 0. The van der Waals surface area contributed by atoms with Gasteiger partial charge in [-0.15, -0.1) is 0 Å². The van der Waals surface area contributed by atoms with Crippen LogP contribution >= 0.6 is 0 Å². The molecule has 5 rings (SSSR count). The molecule has 2 bridgehead atoms. The van der Waals surface area contributed by atoms with Crippen LogP contribution in [-0.4, -0.2) is 0 Å². The van der Waals surface area contributed by atoms with Crippen molar-refractivity contribution in [1.29, 1.82) is 0 Å². The van der Waals surface area contributed by atoms with Gasteiger partial charge < -0.3 is 0 Å². The summed E-state index contributed by atoms with van der Waals surface area (Å²) in [5.41, 5.74) is 3.37. The highest BCUT2D eigenvalue weighted by molar-refractivity contribution is 5.59. The van der Waals surface area contributed by atoms with Gasteiger partial charge in [0, 0.05) is 0 Å². The highest BCUT2D eigenvalue weighted by Crippen LogP contribution is 2.87. The lowest BCUT2D eigenvalue weighted by molar-refractivity contribution is 0.774. The molecule has 10 heavy (non-hydrogen) atoms. The Hall–Kier alpha value is -0.780. The van der Waals surface area contributed by atoms with Gasteiger partial charge in [0.15, 0.2) is 0 Å². The monoisotopic (exact) mass is 128 g/mol. The fourth-order valence-corrected chi connectivity index (χ4v) is 2.97. The first-order valence-electron chi connectivity index (χ1n) is 4.07. The van der Waals surface area contributed by atoms with Crippen LogP contribution in [0.1, 0.15) is 23.0 Å². The van der Waals surface area contributed by atoms with Crippen LogP contribution in [0.4, 0.5) is 0 Å². The Bertz CT molecular complexity index is 286. The van der Waals surface area contributed by atoms with E-state index >= 15 is 0 Å². The topological polar surface area (TPSA) is 0 Å². The maximum absolute atomic E-state index is 2.32. The molecule has 0 saturated heterocycles. The van der Waals surface area contributed by atoms with Gasteiger partial charge in [0.05, 0.1) is 0 Å². The number of rotatable bonds is 0. The van der Waals surface area contributed by atoms with E-state index in [0.29, 0.717) is 0 Å². The van der Waals surface area contributed by atoms with Gasteiger partial charge >= 0.3 is 0 Å². The van der Waals surface area contributed by atoms with E-state index in [-0.39, 0.29) is 0 Å². The highest BCUT2D eigenvalue weighted by Gasteiger charge is 2.78. The lowest BCUT2D eigenvalue weighted by Gasteiger charge is -1.92. The molecule has 0 nitrogen and oxygen atoms in total. The fraction of sp³-hybridized carbons (Fsp3) is 0.400. The molecule has 0 heterocycles. The zero-order chi connectivity index (χ0) is 6.29. The van der Waals surface area contributed by atoms with Crippen molar-refractivity contribution in [2.75, 3.05) is 0 Å². The number of benzene rings is 1. The molecule has 0 radical (unpaired) electrons. The minimum Gasteiger partial charge on any atom is -0.0620 e. The van der Waals surface area contributed by atoms with Crippen molar-refractivity contribution in [1.82, 2.24) is 0 Å². The summed E-state index contributed by atoms with van der Waals surface area (Å²) >= 11 is 0. The van der Waals surface area contributed by atoms with Crippen molar-refractivity contribution in [2.24, 2.45) is 11.8 Å². The van der Waals surface area contributed by atoms with Gasteiger partial charge in [0.1, 0.15) is 0 Å². The second kappa shape index (κ2) is 0.952. The zero-order valence-electron chi connectivity index (χ0n) is 5.62. The second-order valence-corrected chi connectivity index (χ2v) is 3.84. The minimum atomic E-state index is 1.03. The van der Waals surface area contributed by atoms with E-state index in [4.69, 9.17) is 0 Å². The lowest BCUT2D eigenvalue weighted by Crippen LogP contribution is -1.76. The molecule has 0 heteroatoms. The summed E-state index contributed by atoms with van der Waals surface area (Å²) in [5, 5.41) is 0. The molecule has 1 aromatic rings. The molecule has 0 amide bonds. The average Bonchev–Trinajstić information content (AvgIpc) is 2.78. The SMILES string of the molecule is c1ccc2c(c1)C1C3C2C13. The molecule has 0 N–H and O–H groups in total. The first kappa shape index (κ1) is 4.17. The highest BCUT2D eigenvalue weighted by atomic mass is 14.8. The van der Waals surface area contributed by atoms with Gasteiger partial charge in [-0.25, -0.2) is 0 Å². The van der Waals surface area contributed by atoms with Crippen LogP contribution in [0.25, 0.3) is 0 Å². The molecule has 0 aromatic heterocycles. The Kier molecular flexibility index (Phi) is 0.397. The number of hydrogen-bond donors (Lipinski definition) is 0. The molecule has 0 atom stereocenters. The largest absolute Gasteiger partial charge is 0.0620 e. The third kappa shape index (κ3) is 0.239. The van der Waals surface area contributed by atoms with Gasteiger partial charge in [0.25, 0.3) is 0 Å². The zero-order valence-corrected chi connectivity index (χ0v) is 5.62.